The number of methoxy groups -OCH3 is 1. The smallest absolute Gasteiger partial charge is 0.315 e. The van der Waals surface area contributed by atoms with Crippen LogP contribution in [0.1, 0.15) is 24.7 Å². The molecule has 5 aromatic rings. The van der Waals surface area contributed by atoms with E-state index >= 15 is 0 Å². The van der Waals surface area contributed by atoms with Gasteiger partial charge in [-0.15, -0.1) is 0 Å². The topological polar surface area (TPSA) is 94.5 Å². The number of hydrogen-bond acceptors (Lipinski definition) is 6. The van der Waals surface area contributed by atoms with Crippen LogP contribution in [-0.2, 0) is 27.2 Å². The lowest BCUT2D eigenvalue weighted by Crippen LogP contribution is -2.19. The molecule has 0 saturated carbocycles. The van der Waals surface area contributed by atoms with Crippen molar-refractivity contribution in [1.29, 1.82) is 0 Å². The molecule has 4 aromatic carbocycles. The average Bonchev–Trinajstić information content (AvgIpc) is 3.46. The van der Waals surface area contributed by atoms with Crippen LogP contribution in [0, 0.1) is 0 Å². The molecular weight excluding hydrogens is 516 g/mol. The summed E-state index contributed by atoms with van der Waals surface area (Å²) in [6, 6.07) is 27.7. The van der Waals surface area contributed by atoms with Gasteiger partial charge in [-0.1, -0.05) is 48.5 Å². The van der Waals surface area contributed by atoms with Crippen LogP contribution in [0.5, 0.6) is 5.75 Å². The zero-order valence-corrected chi connectivity index (χ0v) is 23.1. The van der Waals surface area contributed by atoms with Crippen LogP contribution in [0.4, 0.5) is 17.1 Å². The summed E-state index contributed by atoms with van der Waals surface area (Å²) in [6.45, 7) is 1.94. The molecule has 0 radical (unpaired) electrons. The molecule has 0 bridgehead atoms. The molecular formula is C33H32N4O4. The standard InChI is InChI=1S/C33H32N4O4/c1-3-41-32(39)22-31(38)36-33-27-10-6-4-8-23(27)12-18-28(33)35-25-14-16-26(17-15-25)37-21-20-34-30(37)19-13-24-9-5-7-11-29(24)40-2/h4-12,14-18,20-21,35H,3,13,19,22H2,1-2H3,(H,36,38). The van der Waals surface area contributed by atoms with Crippen molar-refractivity contribution < 1.29 is 19.1 Å². The Hall–Kier alpha value is -5.11. The van der Waals surface area contributed by atoms with E-state index in [4.69, 9.17) is 9.47 Å². The number of amides is 1. The lowest BCUT2D eigenvalue weighted by molar-refractivity contribution is -0.145. The largest absolute Gasteiger partial charge is 0.496 e. The molecule has 0 atom stereocenters. The Labute approximate surface area is 238 Å². The molecule has 0 unspecified atom stereocenters. The number of nitrogens with one attached hydrogen (secondary N) is 2. The van der Waals surface area contributed by atoms with E-state index in [9.17, 15) is 9.59 Å². The molecule has 0 aliphatic carbocycles. The summed E-state index contributed by atoms with van der Waals surface area (Å²) in [4.78, 5) is 29.1. The molecule has 8 nitrogen and oxygen atoms in total. The molecule has 0 aliphatic heterocycles. The van der Waals surface area contributed by atoms with Crippen LogP contribution in [0.15, 0.2) is 97.3 Å². The molecule has 0 aliphatic rings. The molecule has 0 spiro atoms. The van der Waals surface area contributed by atoms with Crippen molar-refractivity contribution in [2.75, 3.05) is 24.4 Å². The summed E-state index contributed by atoms with van der Waals surface area (Å²) in [6.07, 6.45) is 4.99. The normalized spacial score (nSPS) is 10.8. The summed E-state index contributed by atoms with van der Waals surface area (Å²) in [5, 5.41) is 8.18. The Morgan fingerprint density at radius 2 is 1.68 bits per heavy atom. The highest BCUT2D eigenvalue weighted by Gasteiger charge is 2.15. The Kier molecular flexibility index (Phi) is 8.59. The maximum Gasteiger partial charge on any atom is 0.315 e. The first-order chi connectivity index (χ1) is 20.1. The fraction of sp³-hybridized carbons (Fsp3) is 0.182. The van der Waals surface area contributed by atoms with Crippen LogP contribution >= 0.6 is 0 Å². The number of carbonyl (C=O) groups is 2. The molecule has 8 heteroatoms. The second-order valence-electron chi connectivity index (χ2n) is 9.44. The number of rotatable bonds is 11. The number of fused-ring (bicyclic) bond motifs is 1. The predicted octanol–water partition coefficient (Wildman–Crippen LogP) is 6.45. The van der Waals surface area contributed by atoms with Crippen molar-refractivity contribution in [3.05, 3.63) is 109 Å². The minimum Gasteiger partial charge on any atom is -0.496 e. The summed E-state index contributed by atoms with van der Waals surface area (Å²) in [5.74, 6) is 0.847. The lowest BCUT2D eigenvalue weighted by atomic mass is 10.1. The number of imidazole rings is 1. The van der Waals surface area contributed by atoms with Gasteiger partial charge in [-0.2, -0.15) is 0 Å². The molecule has 1 aromatic heterocycles. The van der Waals surface area contributed by atoms with Crippen LogP contribution in [0.3, 0.4) is 0 Å². The summed E-state index contributed by atoms with van der Waals surface area (Å²) < 4.78 is 12.5. The van der Waals surface area contributed by atoms with Crippen LogP contribution < -0.4 is 15.4 Å². The number of aromatic nitrogens is 2. The Morgan fingerprint density at radius 3 is 2.49 bits per heavy atom. The number of benzene rings is 4. The van der Waals surface area contributed by atoms with Crippen LogP contribution in [0.2, 0.25) is 0 Å². The molecule has 5 rings (SSSR count). The number of anilines is 3. The molecule has 1 heterocycles. The third kappa shape index (κ3) is 6.55. The lowest BCUT2D eigenvalue weighted by Gasteiger charge is -2.16. The van der Waals surface area contributed by atoms with Gasteiger partial charge in [0.1, 0.15) is 18.0 Å². The number of nitrogens with zero attached hydrogens (tertiary/aromatic N) is 2. The number of esters is 1. The fourth-order valence-corrected chi connectivity index (χ4v) is 4.81. The van der Waals surface area contributed by atoms with E-state index in [-0.39, 0.29) is 13.0 Å². The predicted molar refractivity (Wildman–Crippen MR) is 161 cm³/mol. The number of ether oxygens (including phenoxy) is 2. The Bertz CT molecular complexity index is 1660. The van der Waals surface area contributed by atoms with E-state index < -0.39 is 11.9 Å². The zero-order valence-electron chi connectivity index (χ0n) is 23.1. The fourth-order valence-electron chi connectivity index (χ4n) is 4.81. The van der Waals surface area contributed by atoms with Gasteiger partial charge in [0.05, 0.1) is 25.1 Å². The first-order valence-electron chi connectivity index (χ1n) is 13.5. The van der Waals surface area contributed by atoms with Gasteiger partial charge in [0.15, 0.2) is 0 Å². The van der Waals surface area contributed by atoms with Crippen molar-refractivity contribution in [2.24, 2.45) is 0 Å². The van der Waals surface area contributed by atoms with Crippen LogP contribution in [0.25, 0.3) is 16.5 Å². The number of hydrogen-bond donors (Lipinski definition) is 2. The third-order valence-electron chi connectivity index (χ3n) is 6.76. The molecule has 2 N–H and O–H groups in total. The molecule has 0 saturated heterocycles. The van der Waals surface area contributed by atoms with E-state index in [1.54, 1.807) is 14.0 Å². The first-order valence-corrected chi connectivity index (χ1v) is 13.5. The van der Waals surface area contributed by atoms with E-state index in [2.05, 4.69) is 26.3 Å². The van der Waals surface area contributed by atoms with Gasteiger partial charge in [0.2, 0.25) is 5.91 Å². The summed E-state index contributed by atoms with van der Waals surface area (Å²) in [5.41, 5.74) is 4.30. The highest BCUT2D eigenvalue weighted by molar-refractivity contribution is 6.10. The summed E-state index contributed by atoms with van der Waals surface area (Å²) in [7, 11) is 1.69. The highest BCUT2D eigenvalue weighted by Crippen LogP contribution is 2.34. The van der Waals surface area contributed by atoms with Crippen molar-refractivity contribution in [1.82, 2.24) is 9.55 Å². The Morgan fingerprint density at radius 1 is 0.902 bits per heavy atom. The number of aryl methyl sites for hydroxylation is 2. The van der Waals surface area contributed by atoms with Crippen molar-refractivity contribution >= 4 is 39.7 Å². The highest BCUT2D eigenvalue weighted by atomic mass is 16.5. The van der Waals surface area contributed by atoms with Gasteiger partial charge in [0.25, 0.3) is 0 Å². The monoisotopic (exact) mass is 548 g/mol. The minimum atomic E-state index is -0.558. The quantitative estimate of drug-likeness (QED) is 0.145. The van der Waals surface area contributed by atoms with E-state index in [1.165, 1.54) is 0 Å². The second-order valence-corrected chi connectivity index (χ2v) is 9.44. The molecule has 41 heavy (non-hydrogen) atoms. The van der Waals surface area contributed by atoms with Gasteiger partial charge in [-0.25, -0.2) is 4.98 Å². The third-order valence-corrected chi connectivity index (χ3v) is 6.76. The molecule has 0 fully saturated rings. The minimum absolute atomic E-state index is 0.228. The second kappa shape index (κ2) is 12.8. The van der Waals surface area contributed by atoms with E-state index in [0.717, 1.165) is 52.1 Å². The van der Waals surface area contributed by atoms with Gasteiger partial charge in [-0.3, -0.25) is 9.59 Å². The Balaban J connectivity index is 1.34. The average molecular weight is 549 g/mol. The maximum atomic E-state index is 12.7. The van der Waals surface area contributed by atoms with Gasteiger partial charge in [0, 0.05) is 35.6 Å². The van der Waals surface area contributed by atoms with Gasteiger partial charge in [-0.05, 0) is 60.7 Å². The first kappa shape index (κ1) is 27.5. The van der Waals surface area contributed by atoms with E-state index in [1.807, 2.05) is 91.3 Å². The number of carbonyl (C=O) groups excluding carboxylic acids is 2. The summed E-state index contributed by atoms with van der Waals surface area (Å²) >= 11 is 0. The van der Waals surface area contributed by atoms with Crippen molar-refractivity contribution in [3.63, 3.8) is 0 Å². The van der Waals surface area contributed by atoms with Crippen molar-refractivity contribution in [3.8, 4) is 11.4 Å². The van der Waals surface area contributed by atoms with Gasteiger partial charge < -0.3 is 24.7 Å². The zero-order chi connectivity index (χ0) is 28.6. The SMILES string of the molecule is CCOC(=O)CC(=O)Nc1c(Nc2ccc(-n3ccnc3CCc3ccccc3OC)cc2)ccc2ccccc12. The van der Waals surface area contributed by atoms with Crippen molar-refractivity contribution in [2.45, 2.75) is 26.2 Å². The van der Waals surface area contributed by atoms with E-state index in [0.29, 0.717) is 11.4 Å². The van der Waals surface area contributed by atoms with Crippen LogP contribution in [-0.4, -0.2) is 35.1 Å². The molecule has 208 valence electrons. The maximum absolute atomic E-state index is 12.7. The molecule has 1 amide bonds. The van der Waals surface area contributed by atoms with Gasteiger partial charge >= 0.3 is 5.97 Å². The number of para-hydroxylation sites is 1.